The van der Waals surface area contributed by atoms with Crippen molar-refractivity contribution in [2.75, 3.05) is 23.9 Å². The van der Waals surface area contributed by atoms with E-state index in [2.05, 4.69) is 20.8 Å². The van der Waals surface area contributed by atoms with Gasteiger partial charge in [-0.15, -0.1) is 0 Å². The molecule has 0 saturated heterocycles. The van der Waals surface area contributed by atoms with Crippen molar-refractivity contribution in [1.82, 2.24) is 15.4 Å². The Bertz CT molecular complexity index is 784. The predicted octanol–water partition coefficient (Wildman–Crippen LogP) is 3.03. The van der Waals surface area contributed by atoms with Crippen molar-refractivity contribution < 1.29 is 9.72 Å². The Balaban J connectivity index is 2.19. The van der Waals surface area contributed by atoms with Crippen LogP contribution in [0, 0.1) is 10.1 Å². The first-order valence-corrected chi connectivity index (χ1v) is 8.34. The largest absolute Gasteiger partial charge is 0.355 e. The number of carbonyl (C=O) groups is 1. The molecule has 0 saturated carbocycles. The van der Waals surface area contributed by atoms with Crippen molar-refractivity contribution in [1.29, 1.82) is 0 Å². The van der Waals surface area contributed by atoms with Gasteiger partial charge in [0.25, 0.3) is 5.91 Å². The number of carbonyl (C=O) groups excluding carboxylic acids is 1. The molecule has 0 radical (unpaired) electrons. The molecule has 1 heterocycles. The van der Waals surface area contributed by atoms with Gasteiger partial charge in [0.2, 0.25) is 11.6 Å². The number of nitrogens with zero attached hydrogens (tertiary/aromatic N) is 4. The van der Waals surface area contributed by atoms with Crippen LogP contribution in [0.15, 0.2) is 30.6 Å². The van der Waals surface area contributed by atoms with Crippen LogP contribution in [0.5, 0.6) is 0 Å². The highest BCUT2D eigenvalue weighted by Gasteiger charge is 2.25. The van der Waals surface area contributed by atoms with Crippen molar-refractivity contribution in [3.05, 3.63) is 51.3 Å². The number of hydrazine groups is 1. The standard InChI is InChI=1S/C16H19ClN6O3/c1-3-4-9-22(2)15-13(23(25)26)14(18-10-19-15)20-21-16(24)11-5-7-12(17)8-6-11/h5-8,10H,3-4,9H2,1-2H3,(H,21,24)(H,18,19,20). The van der Waals surface area contributed by atoms with Crippen LogP contribution in [0.2, 0.25) is 5.02 Å². The fourth-order valence-electron chi connectivity index (χ4n) is 2.20. The monoisotopic (exact) mass is 378 g/mol. The summed E-state index contributed by atoms with van der Waals surface area (Å²) in [6.45, 7) is 2.65. The molecule has 0 aliphatic heterocycles. The second-order valence-electron chi connectivity index (χ2n) is 5.51. The van der Waals surface area contributed by atoms with E-state index in [-0.39, 0.29) is 17.3 Å². The summed E-state index contributed by atoms with van der Waals surface area (Å²) >= 11 is 5.78. The van der Waals surface area contributed by atoms with E-state index in [1.807, 2.05) is 6.92 Å². The van der Waals surface area contributed by atoms with Crippen molar-refractivity contribution in [2.45, 2.75) is 19.8 Å². The Morgan fingerprint density at radius 2 is 2.00 bits per heavy atom. The molecule has 0 bridgehead atoms. The van der Waals surface area contributed by atoms with Gasteiger partial charge in [0, 0.05) is 24.2 Å². The lowest BCUT2D eigenvalue weighted by Gasteiger charge is -2.18. The lowest BCUT2D eigenvalue weighted by atomic mass is 10.2. The maximum atomic E-state index is 12.1. The lowest BCUT2D eigenvalue weighted by molar-refractivity contribution is -0.383. The Morgan fingerprint density at radius 3 is 2.62 bits per heavy atom. The number of hydrogen-bond donors (Lipinski definition) is 2. The fraction of sp³-hybridized carbons (Fsp3) is 0.312. The molecular formula is C16H19ClN6O3. The molecule has 0 aliphatic rings. The average Bonchev–Trinajstić information content (AvgIpc) is 2.64. The minimum absolute atomic E-state index is 0.0920. The van der Waals surface area contributed by atoms with Crippen LogP contribution in [0.25, 0.3) is 0 Å². The summed E-state index contributed by atoms with van der Waals surface area (Å²) in [5, 5.41) is 12.0. The van der Waals surface area contributed by atoms with Crippen LogP contribution in [0.4, 0.5) is 17.3 Å². The number of unbranched alkanes of at least 4 members (excludes halogenated alkanes) is 1. The molecule has 0 unspecified atom stereocenters. The van der Waals surface area contributed by atoms with Gasteiger partial charge >= 0.3 is 5.69 Å². The molecule has 0 atom stereocenters. The molecule has 1 aromatic heterocycles. The fourth-order valence-corrected chi connectivity index (χ4v) is 2.32. The number of nitrogens with one attached hydrogen (secondary N) is 2. The van der Waals surface area contributed by atoms with Crippen LogP contribution in [0.1, 0.15) is 30.1 Å². The van der Waals surface area contributed by atoms with Crippen molar-refractivity contribution in [3.63, 3.8) is 0 Å². The van der Waals surface area contributed by atoms with E-state index in [0.717, 1.165) is 12.8 Å². The summed E-state index contributed by atoms with van der Waals surface area (Å²) < 4.78 is 0. The summed E-state index contributed by atoms with van der Waals surface area (Å²) in [7, 11) is 1.72. The van der Waals surface area contributed by atoms with Gasteiger partial charge in [-0.1, -0.05) is 24.9 Å². The third kappa shape index (κ3) is 4.79. The van der Waals surface area contributed by atoms with Gasteiger partial charge in [0.15, 0.2) is 0 Å². The quantitative estimate of drug-likeness (QED) is 0.536. The van der Waals surface area contributed by atoms with Gasteiger partial charge in [-0.2, -0.15) is 0 Å². The van der Waals surface area contributed by atoms with Crippen molar-refractivity contribution in [3.8, 4) is 0 Å². The second-order valence-corrected chi connectivity index (χ2v) is 5.95. The summed E-state index contributed by atoms with van der Waals surface area (Å²) in [5.41, 5.74) is 4.94. The number of anilines is 2. The number of amides is 1. The average molecular weight is 379 g/mol. The maximum absolute atomic E-state index is 12.1. The summed E-state index contributed by atoms with van der Waals surface area (Å²) in [6.07, 6.45) is 3.03. The molecule has 138 valence electrons. The first kappa shape index (κ1) is 19.4. The number of aromatic nitrogens is 2. The number of hydrogen-bond acceptors (Lipinski definition) is 7. The summed E-state index contributed by atoms with van der Waals surface area (Å²) in [5.74, 6) is -0.386. The third-order valence-corrected chi connectivity index (χ3v) is 3.85. The second kappa shape index (κ2) is 8.95. The number of nitro groups is 1. The van der Waals surface area contributed by atoms with E-state index < -0.39 is 10.8 Å². The van der Waals surface area contributed by atoms with Crippen LogP contribution >= 0.6 is 11.6 Å². The molecule has 2 N–H and O–H groups in total. The number of halogens is 1. The molecule has 0 fully saturated rings. The minimum Gasteiger partial charge on any atom is -0.354 e. The molecule has 0 spiro atoms. The Kier molecular flexibility index (Phi) is 6.67. The van der Waals surface area contributed by atoms with Gasteiger partial charge < -0.3 is 4.90 Å². The highest BCUT2D eigenvalue weighted by molar-refractivity contribution is 6.30. The molecule has 1 amide bonds. The Labute approximate surface area is 155 Å². The molecule has 2 rings (SSSR count). The zero-order valence-electron chi connectivity index (χ0n) is 14.4. The van der Waals surface area contributed by atoms with Crippen molar-refractivity contribution >= 4 is 34.8 Å². The van der Waals surface area contributed by atoms with Gasteiger partial charge in [0.05, 0.1) is 4.92 Å². The van der Waals surface area contributed by atoms with Crippen LogP contribution < -0.4 is 15.8 Å². The predicted molar refractivity (Wildman–Crippen MR) is 99.4 cm³/mol. The van der Waals surface area contributed by atoms with Crippen LogP contribution in [0.3, 0.4) is 0 Å². The van der Waals surface area contributed by atoms with Crippen molar-refractivity contribution in [2.24, 2.45) is 0 Å². The van der Waals surface area contributed by atoms with Gasteiger partial charge in [0.1, 0.15) is 6.33 Å². The first-order chi connectivity index (χ1) is 12.4. The summed E-state index contributed by atoms with van der Waals surface area (Å²) in [6, 6.07) is 6.23. The summed E-state index contributed by atoms with van der Waals surface area (Å²) in [4.78, 5) is 32.6. The van der Waals surface area contributed by atoms with E-state index >= 15 is 0 Å². The van der Waals surface area contributed by atoms with Crippen LogP contribution in [-0.4, -0.2) is 34.4 Å². The molecule has 9 nitrogen and oxygen atoms in total. The molecule has 26 heavy (non-hydrogen) atoms. The molecular weight excluding hydrogens is 360 g/mol. The van der Waals surface area contributed by atoms with Gasteiger partial charge in [-0.25, -0.2) is 9.97 Å². The number of rotatable bonds is 8. The smallest absolute Gasteiger partial charge is 0.354 e. The topological polar surface area (TPSA) is 113 Å². The van der Waals surface area contributed by atoms with Gasteiger partial charge in [-0.3, -0.25) is 25.8 Å². The van der Waals surface area contributed by atoms with Crippen LogP contribution in [-0.2, 0) is 0 Å². The third-order valence-electron chi connectivity index (χ3n) is 3.60. The normalized spacial score (nSPS) is 10.3. The molecule has 0 aliphatic carbocycles. The first-order valence-electron chi connectivity index (χ1n) is 7.96. The Morgan fingerprint density at radius 1 is 1.31 bits per heavy atom. The SMILES string of the molecule is CCCCN(C)c1ncnc(NNC(=O)c2ccc(Cl)cc2)c1[N+](=O)[O-]. The van der Waals surface area contributed by atoms with E-state index in [1.54, 1.807) is 24.1 Å². The Hall–Kier alpha value is -2.94. The van der Waals surface area contributed by atoms with E-state index in [4.69, 9.17) is 11.6 Å². The van der Waals surface area contributed by atoms with E-state index in [1.165, 1.54) is 18.5 Å². The highest BCUT2D eigenvalue weighted by Crippen LogP contribution is 2.30. The zero-order valence-corrected chi connectivity index (χ0v) is 15.2. The molecule has 10 heteroatoms. The molecule has 2 aromatic rings. The maximum Gasteiger partial charge on any atom is 0.355 e. The molecule has 1 aromatic carbocycles. The van der Waals surface area contributed by atoms with E-state index in [0.29, 0.717) is 17.1 Å². The van der Waals surface area contributed by atoms with E-state index in [9.17, 15) is 14.9 Å². The van der Waals surface area contributed by atoms with Gasteiger partial charge in [-0.05, 0) is 30.7 Å². The lowest BCUT2D eigenvalue weighted by Crippen LogP contribution is -2.30. The minimum atomic E-state index is -0.575. The number of benzene rings is 1. The zero-order chi connectivity index (χ0) is 19.1. The highest BCUT2D eigenvalue weighted by atomic mass is 35.5.